The fraction of sp³-hybridized carbons (Fsp3) is 0.458. The van der Waals surface area contributed by atoms with Crippen LogP contribution in [0.5, 0.6) is 5.88 Å². The van der Waals surface area contributed by atoms with Crippen molar-refractivity contribution in [2.75, 3.05) is 32.6 Å². The number of amides is 1. The predicted molar refractivity (Wildman–Crippen MR) is 137 cm³/mol. The number of anilines is 2. The second-order valence-electron chi connectivity index (χ2n) is 9.25. The van der Waals surface area contributed by atoms with E-state index in [4.69, 9.17) is 27.9 Å². The number of rotatable bonds is 8. The third-order valence-electron chi connectivity index (χ3n) is 6.06. The molecular weight excluding hydrogens is 494 g/mol. The molecule has 0 radical (unpaired) electrons. The highest BCUT2D eigenvalue weighted by Crippen LogP contribution is 2.34. The SMILES string of the molecule is CC1CCC(NC(=O)c2cc3[nH]c(Nc4c(Cl)cc(F)cc4Cl)nc3nc2OCCN(C)C)CC1. The molecule has 8 nitrogen and oxygen atoms in total. The molecule has 3 N–H and O–H groups in total. The molecule has 0 saturated heterocycles. The average Bonchev–Trinajstić information content (AvgIpc) is 3.18. The topological polar surface area (TPSA) is 95.2 Å². The van der Waals surface area contributed by atoms with Crippen LogP contribution in [-0.4, -0.2) is 59.0 Å². The molecule has 0 spiro atoms. The van der Waals surface area contributed by atoms with Gasteiger partial charge in [0.05, 0.1) is 21.2 Å². The van der Waals surface area contributed by atoms with Crippen LogP contribution >= 0.6 is 23.2 Å². The molecule has 1 saturated carbocycles. The van der Waals surface area contributed by atoms with E-state index in [0.29, 0.717) is 47.4 Å². The summed E-state index contributed by atoms with van der Waals surface area (Å²) in [6.07, 6.45) is 4.10. The van der Waals surface area contributed by atoms with Crippen LogP contribution in [-0.2, 0) is 0 Å². The summed E-state index contributed by atoms with van der Waals surface area (Å²) >= 11 is 12.3. The molecule has 1 aliphatic rings. The lowest BCUT2D eigenvalue weighted by molar-refractivity contribution is 0.0917. The van der Waals surface area contributed by atoms with Gasteiger partial charge < -0.3 is 25.3 Å². The van der Waals surface area contributed by atoms with Gasteiger partial charge in [0.2, 0.25) is 11.8 Å². The van der Waals surface area contributed by atoms with Crippen molar-refractivity contribution in [1.29, 1.82) is 0 Å². The second-order valence-corrected chi connectivity index (χ2v) is 10.1. The summed E-state index contributed by atoms with van der Waals surface area (Å²) in [4.78, 5) is 27.2. The van der Waals surface area contributed by atoms with Crippen LogP contribution in [0.4, 0.5) is 16.0 Å². The summed E-state index contributed by atoms with van der Waals surface area (Å²) in [6, 6.07) is 4.12. The van der Waals surface area contributed by atoms with Crippen molar-refractivity contribution < 1.29 is 13.9 Å². The van der Waals surface area contributed by atoms with Gasteiger partial charge >= 0.3 is 0 Å². The van der Waals surface area contributed by atoms with Gasteiger partial charge in [0.1, 0.15) is 18.0 Å². The Balaban J connectivity index is 1.61. The fourth-order valence-corrected chi connectivity index (χ4v) is 4.59. The lowest BCUT2D eigenvalue weighted by atomic mass is 9.87. The van der Waals surface area contributed by atoms with Crippen molar-refractivity contribution in [2.24, 2.45) is 5.92 Å². The Morgan fingerprint density at radius 1 is 1.17 bits per heavy atom. The zero-order chi connectivity index (χ0) is 25.1. The monoisotopic (exact) mass is 522 g/mol. The van der Waals surface area contributed by atoms with Crippen molar-refractivity contribution in [3.05, 3.63) is 39.6 Å². The summed E-state index contributed by atoms with van der Waals surface area (Å²) in [5.41, 5.74) is 1.53. The van der Waals surface area contributed by atoms with Crippen LogP contribution in [0.3, 0.4) is 0 Å². The number of pyridine rings is 1. The maximum absolute atomic E-state index is 13.5. The number of imidazole rings is 1. The minimum Gasteiger partial charge on any atom is -0.476 e. The van der Waals surface area contributed by atoms with Gasteiger partial charge in [-0.2, -0.15) is 9.97 Å². The molecule has 4 rings (SSSR count). The van der Waals surface area contributed by atoms with Crippen LogP contribution in [0.2, 0.25) is 10.0 Å². The molecule has 1 aromatic carbocycles. The van der Waals surface area contributed by atoms with Gasteiger partial charge in [-0.3, -0.25) is 4.79 Å². The Hall–Kier alpha value is -2.62. The number of carbonyl (C=O) groups is 1. The molecule has 35 heavy (non-hydrogen) atoms. The first-order valence-electron chi connectivity index (χ1n) is 11.6. The molecule has 11 heteroatoms. The summed E-state index contributed by atoms with van der Waals surface area (Å²) in [5.74, 6) is 0.426. The first kappa shape index (κ1) is 25.5. The largest absolute Gasteiger partial charge is 0.476 e. The normalized spacial score (nSPS) is 18.1. The molecule has 2 heterocycles. The van der Waals surface area contributed by atoms with Gasteiger partial charge in [0.15, 0.2) is 5.65 Å². The third-order valence-corrected chi connectivity index (χ3v) is 6.66. The van der Waals surface area contributed by atoms with Gasteiger partial charge in [-0.15, -0.1) is 0 Å². The third kappa shape index (κ3) is 6.34. The number of hydrogen-bond donors (Lipinski definition) is 3. The molecule has 0 atom stereocenters. The summed E-state index contributed by atoms with van der Waals surface area (Å²) < 4.78 is 19.4. The molecule has 2 aromatic heterocycles. The van der Waals surface area contributed by atoms with E-state index >= 15 is 0 Å². The number of H-pyrrole nitrogens is 1. The number of benzene rings is 1. The highest BCUT2D eigenvalue weighted by atomic mass is 35.5. The van der Waals surface area contributed by atoms with Crippen molar-refractivity contribution in [3.63, 3.8) is 0 Å². The van der Waals surface area contributed by atoms with Gasteiger partial charge in [-0.05, 0) is 63.9 Å². The van der Waals surface area contributed by atoms with E-state index in [-0.39, 0.29) is 27.9 Å². The van der Waals surface area contributed by atoms with Crippen LogP contribution < -0.4 is 15.4 Å². The van der Waals surface area contributed by atoms with Crippen molar-refractivity contribution >= 4 is 51.9 Å². The van der Waals surface area contributed by atoms with E-state index in [0.717, 1.165) is 37.8 Å². The molecule has 1 fully saturated rings. The molecule has 0 unspecified atom stereocenters. The Bertz CT molecular complexity index is 1190. The van der Waals surface area contributed by atoms with Crippen LogP contribution in [0.25, 0.3) is 11.2 Å². The number of carbonyl (C=O) groups excluding carboxylic acids is 1. The number of fused-ring (bicyclic) bond motifs is 1. The number of aromatic nitrogens is 3. The molecule has 3 aromatic rings. The molecule has 1 aliphatic carbocycles. The maximum atomic E-state index is 13.5. The number of likely N-dealkylation sites (N-methyl/N-ethyl adjacent to an activating group) is 1. The number of hydrogen-bond acceptors (Lipinski definition) is 6. The maximum Gasteiger partial charge on any atom is 0.257 e. The number of halogens is 3. The van der Waals surface area contributed by atoms with Crippen LogP contribution in [0, 0.1) is 11.7 Å². The quantitative estimate of drug-likeness (QED) is 0.366. The zero-order valence-electron chi connectivity index (χ0n) is 19.9. The highest BCUT2D eigenvalue weighted by molar-refractivity contribution is 6.39. The first-order chi connectivity index (χ1) is 16.7. The van der Waals surface area contributed by atoms with E-state index in [1.54, 1.807) is 6.07 Å². The second kappa shape index (κ2) is 11.0. The van der Waals surface area contributed by atoms with E-state index in [2.05, 4.69) is 32.5 Å². The van der Waals surface area contributed by atoms with E-state index in [1.807, 2.05) is 19.0 Å². The van der Waals surface area contributed by atoms with Gasteiger partial charge in [-0.1, -0.05) is 30.1 Å². The molecule has 188 valence electrons. The summed E-state index contributed by atoms with van der Waals surface area (Å²) in [5, 5.41) is 6.32. The average molecular weight is 523 g/mol. The van der Waals surface area contributed by atoms with Gasteiger partial charge in [0, 0.05) is 12.6 Å². The van der Waals surface area contributed by atoms with Crippen LogP contribution in [0.1, 0.15) is 43.0 Å². The Morgan fingerprint density at radius 3 is 2.51 bits per heavy atom. The molecule has 1 amide bonds. The minimum absolute atomic E-state index is 0.109. The van der Waals surface area contributed by atoms with E-state index < -0.39 is 5.82 Å². The number of ether oxygens (including phenoxy) is 1. The fourth-order valence-electron chi connectivity index (χ4n) is 4.03. The van der Waals surface area contributed by atoms with Crippen molar-refractivity contribution in [2.45, 2.75) is 38.6 Å². The molecular formula is C24H29Cl2FN6O2. The predicted octanol–water partition coefficient (Wildman–Crippen LogP) is 5.40. The van der Waals surface area contributed by atoms with Crippen molar-refractivity contribution in [3.8, 4) is 5.88 Å². The number of nitrogens with one attached hydrogen (secondary N) is 3. The molecule has 0 bridgehead atoms. The zero-order valence-corrected chi connectivity index (χ0v) is 21.4. The smallest absolute Gasteiger partial charge is 0.257 e. The van der Waals surface area contributed by atoms with Crippen molar-refractivity contribution in [1.82, 2.24) is 25.2 Å². The standard InChI is InChI=1S/C24H29Cl2FN6O2/c1-13-4-6-15(7-5-13)28-22(34)16-12-19-21(31-23(16)35-9-8-33(2)3)32-24(29-19)30-20-17(25)10-14(27)11-18(20)26/h10-13,15H,4-9H2,1-3H3,(H,28,34)(H2,29,30,31,32). The van der Waals surface area contributed by atoms with Gasteiger partial charge in [0.25, 0.3) is 5.91 Å². The lowest BCUT2D eigenvalue weighted by Gasteiger charge is -2.27. The lowest BCUT2D eigenvalue weighted by Crippen LogP contribution is -2.37. The van der Waals surface area contributed by atoms with E-state index in [1.165, 1.54) is 0 Å². The summed E-state index contributed by atoms with van der Waals surface area (Å²) in [6.45, 7) is 3.27. The van der Waals surface area contributed by atoms with Gasteiger partial charge in [-0.25, -0.2) is 4.39 Å². The highest BCUT2D eigenvalue weighted by Gasteiger charge is 2.24. The first-order valence-corrected chi connectivity index (χ1v) is 12.4. The Kier molecular flexibility index (Phi) is 7.98. The Morgan fingerprint density at radius 2 is 1.86 bits per heavy atom. The van der Waals surface area contributed by atoms with E-state index in [9.17, 15) is 9.18 Å². The summed E-state index contributed by atoms with van der Waals surface area (Å²) in [7, 11) is 3.88. The Labute approximate surface area is 213 Å². The van der Waals surface area contributed by atoms with Crippen LogP contribution in [0.15, 0.2) is 18.2 Å². The number of nitrogens with zero attached hydrogens (tertiary/aromatic N) is 3. The minimum atomic E-state index is -0.542. The number of aromatic amines is 1. The molecule has 0 aliphatic heterocycles.